The maximum atomic E-state index is 13.3. The molecule has 0 aliphatic carbocycles. The Bertz CT molecular complexity index is 1140. The van der Waals surface area contributed by atoms with E-state index in [2.05, 4.69) is 0 Å². The van der Waals surface area contributed by atoms with Gasteiger partial charge in [0.25, 0.3) is 11.7 Å². The lowest BCUT2D eigenvalue weighted by atomic mass is 9.93. The van der Waals surface area contributed by atoms with Crippen molar-refractivity contribution in [2.75, 3.05) is 33.5 Å². The highest BCUT2D eigenvalue weighted by Crippen LogP contribution is 2.42. The maximum Gasteiger partial charge on any atom is 0.295 e. The molecule has 2 aromatic carbocycles. The van der Waals surface area contributed by atoms with Gasteiger partial charge in [-0.1, -0.05) is 19.9 Å². The van der Waals surface area contributed by atoms with Crippen molar-refractivity contribution in [2.24, 2.45) is 0 Å². The number of rotatable bonds is 11. The second kappa shape index (κ2) is 11.9. The maximum absolute atomic E-state index is 13.3. The van der Waals surface area contributed by atoms with Gasteiger partial charge < -0.3 is 29.3 Å². The summed E-state index contributed by atoms with van der Waals surface area (Å²) in [4.78, 5) is 27.8. The van der Waals surface area contributed by atoms with Crippen LogP contribution in [-0.4, -0.2) is 60.3 Å². The van der Waals surface area contributed by atoms with E-state index in [1.165, 1.54) is 11.0 Å². The Morgan fingerprint density at radius 2 is 1.72 bits per heavy atom. The van der Waals surface area contributed by atoms with Crippen molar-refractivity contribution in [3.8, 4) is 17.2 Å². The van der Waals surface area contributed by atoms with Crippen molar-refractivity contribution in [2.45, 2.75) is 46.1 Å². The smallest absolute Gasteiger partial charge is 0.295 e. The number of methoxy groups -OCH3 is 1. The number of carbonyl (C=O) groups is 2. The lowest BCUT2D eigenvalue weighted by molar-refractivity contribution is -0.140. The van der Waals surface area contributed by atoms with Crippen LogP contribution in [0.15, 0.2) is 42.0 Å². The minimum absolute atomic E-state index is 0.00980. The molecule has 0 spiro atoms. The highest BCUT2D eigenvalue weighted by molar-refractivity contribution is 6.46. The summed E-state index contributed by atoms with van der Waals surface area (Å²) in [6, 6.07) is 9.09. The molecule has 194 valence electrons. The minimum Gasteiger partial charge on any atom is -0.507 e. The first kappa shape index (κ1) is 27.1. The summed E-state index contributed by atoms with van der Waals surface area (Å²) in [6.45, 7) is 9.22. The summed E-state index contributed by atoms with van der Waals surface area (Å²) in [6.07, 6.45) is 0.511. The second-order valence-corrected chi connectivity index (χ2v) is 8.84. The molecular formula is C28H35NO7. The highest BCUT2D eigenvalue weighted by atomic mass is 16.5. The summed E-state index contributed by atoms with van der Waals surface area (Å²) < 4.78 is 16.4. The Balaban J connectivity index is 2.18. The quantitative estimate of drug-likeness (QED) is 0.199. The molecule has 1 unspecified atom stereocenters. The van der Waals surface area contributed by atoms with Gasteiger partial charge in [0.15, 0.2) is 11.5 Å². The summed E-state index contributed by atoms with van der Waals surface area (Å²) in [5.41, 5.74) is 1.84. The van der Waals surface area contributed by atoms with Crippen LogP contribution < -0.4 is 9.47 Å². The molecule has 1 amide bonds. The monoisotopic (exact) mass is 497 g/mol. The van der Waals surface area contributed by atoms with E-state index in [4.69, 9.17) is 14.2 Å². The van der Waals surface area contributed by atoms with Crippen LogP contribution >= 0.6 is 0 Å². The van der Waals surface area contributed by atoms with E-state index in [1.807, 2.05) is 20.8 Å². The zero-order valence-electron chi connectivity index (χ0n) is 21.5. The van der Waals surface area contributed by atoms with Gasteiger partial charge in [-0.25, -0.2) is 0 Å². The zero-order valence-corrected chi connectivity index (χ0v) is 21.5. The molecule has 1 fully saturated rings. The molecule has 0 radical (unpaired) electrons. The van der Waals surface area contributed by atoms with Gasteiger partial charge >= 0.3 is 0 Å². The normalized spacial score (nSPS) is 17.2. The van der Waals surface area contributed by atoms with E-state index >= 15 is 0 Å². The minimum atomic E-state index is -0.851. The molecule has 1 saturated heterocycles. The third-order valence-corrected chi connectivity index (χ3v) is 6.09. The zero-order chi connectivity index (χ0) is 26.4. The molecule has 1 aliphatic heterocycles. The number of aliphatic hydroxyl groups is 1. The Morgan fingerprint density at radius 3 is 2.36 bits per heavy atom. The molecular weight excluding hydrogens is 462 g/mol. The molecule has 1 heterocycles. The first-order chi connectivity index (χ1) is 17.2. The van der Waals surface area contributed by atoms with Gasteiger partial charge in [0.2, 0.25) is 0 Å². The summed E-state index contributed by atoms with van der Waals surface area (Å²) in [5, 5.41) is 21.6. The lowest BCUT2D eigenvalue weighted by Gasteiger charge is -2.26. The molecule has 0 saturated carbocycles. The average Bonchev–Trinajstić information content (AvgIpc) is 3.10. The number of Topliss-reactive ketones (excluding diaryl/α,β-unsaturated/α-hetero) is 1. The van der Waals surface area contributed by atoms with Crippen LogP contribution in [0.5, 0.6) is 17.2 Å². The highest BCUT2D eigenvalue weighted by Gasteiger charge is 2.46. The average molecular weight is 498 g/mol. The van der Waals surface area contributed by atoms with E-state index < -0.39 is 17.7 Å². The molecule has 2 aromatic rings. The van der Waals surface area contributed by atoms with Crippen molar-refractivity contribution in [3.63, 3.8) is 0 Å². The van der Waals surface area contributed by atoms with Gasteiger partial charge in [-0.05, 0) is 67.6 Å². The fourth-order valence-corrected chi connectivity index (χ4v) is 4.40. The predicted molar refractivity (Wildman–Crippen MR) is 136 cm³/mol. The first-order valence-corrected chi connectivity index (χ1v) is 12.2. The predicted octanol–water partition coefficient (Wildman–Crippen LogP) is 4.77. The summed E-state index contributed by atoms with van der Waals surface area (Å²) in [5.74, 6) is -0.716. The van der Waals surface area contributed by atoms with Crippen LogP contribution in [0.25, 0.3) is 5.76 Å². The van der Waals surface area contributed by atoms with E-state index in [1.54, 1.807) is 44.4 Å². The lowest BCUT2D eigenvalue weighted by Crippen LogP contribution is -2.31. The number of phenolic OH excluding ortho intramolecular Hbond substituents is 1. The van der Waals surface area contributed by atoms with Crippen molar-refractivity contribution in [3.05, 3.63) is 58.7 Å². The second-order valence-electron chi connectivity index (χ2n) is 8.84. The van der Waals surface area contributed by atoms with E-state index in [0.29, 0.717) is 43.1 Å². The number of aliphatic hydroxyl groups excluding tert-OH is 1. The third kappa shape index (κ3) is 5.49. The Labute approximate surface area is 212 Å². The van der Waals surface area contributed by atoms with Crippen molar-refractivity contribution < 1.29 is 34.0 Å². The first-order valence-electron chi connectivity index (χ1n) is 12.2. The Morgan fingerprint density at radius 1 is 1.03 bits per heavy atom. The van der Waals surface area contributed by atoms with E-state index in [-0.39, 0.29) is 35.3 Å². The number of hydrogen-bond acceptors (Lipinski definition) is 7. The van der Waals surface area contributed by atoms with Gasteiger partial charge in [0.05, 0.1) is 24.8 Å². The number of carbonyl (C=O) groups excluding carboxylic acids is 2. The number of aromatic hydroxyl groups is 1. The van der Waals surface area contributed by atoms with Crippen LogP contribution in [0.1, 0.15) is 62.8 Å². The molecule has 8 heteroatoms. The third-order valence-electron chi connectivity index (χ3n) is 6.09. The number of ketones is 1. The molecule has 0 aromatic heterocycles. The standard InChI is InChI=1S/C28H35NO7/c1-6-35-22-12-10-19(15-20(22)17(3)4)26(31)24-25(18-9-11-21(30)23(16-18)36-7-2)29(13-8-14-34-5)28(33)27(24)32/h9-12,15-17,25,30-31H,6-8,13-14H2,1-5H3/b26-24+. The number of ether oxygens (including phenoxy) is 3. The van der Waals surface area contributed by atoms with Crippen LogP contribution in [0.4, 0.5) is 0 Å². The molecule has 0 bridgehead atoms. The number of hydrogen-bond donors (Lipinski definition) is 2. The fourth-order valence-electron chi connectivity index (χ4n) is 4.40. The Hall–Kier alpha value is -3.52. The molecule has 1 aliphatic rings. The number of benzene rings is 2. The van der Waals surface area contributed by atoms with Gasteiger partial charge in [-0.15, -0.1) is 0 Å². The van der Waals surface area contributed by atoms with Crippen molar-refractivity contribution in [1.29, 1.82) is 0 Å². The number of phenols is 1. The van der Waals surface area contributed by atoms with Gasteiger partial charge in [-0.2, -0.15) is 0 Å². The van der Waals surface area contributed by atoms with Gasteiger partial charge in [0, 0.05) is 25.8 Å². The van der Waals surface area contributed by atoms with E-state index in [9.17, 15) is 19.8 Å². The number of amides is 1. The van der Waals surface area contributed by atoms with Crippen molar-refractivity contribution >= 4 is 17.4 Å². The molecule has 2 N–H and O–H groups in total. The number of likely N-dealkylation sites (tertiary alicyclic amines) is 1. The largest absolute Gasteiger partial charge is 0.507 e. The van der Waals surface area contributed by atoms with Crippen molar-refractivity contribution in [1.82, 2.24) is 4.90 Å². The van der Waals surface area contributed by atoms with Crippen LogP contribution in [0, 0.1) is 0 Å². The molecule has 36 heavy (non-hydrogen) atoms. The van der Waals surface area contributed by atoms with Gasteiger partial charge in [0.1, 0.15) is 11.5 Å². The number of nitrogens with zero attached hydrogens (tertiary/aromatic N) is 1. The molecule has 8 nitrogen and oxygen atoms in total. The summed E-state index contributed by atoms with van der Waals surface area (Å²) in [7, 11) is 1.57. The van der Waals surface area contributed by atoms with E-state index in [0.717, 1.165) is 5.56 Å². The topological polar surface area (TPSA) is 106 Å². The van der Waals surface area contributed by atoms with Crippen LogP contribution in [0.3, 0.4) is 0 Å². The van der Waals surface area contributed by atoms with Crippen LogP contribution in [0.2, 0.25) is 0 Å². The fraction of sp³-hybridized carbons (Fsp3) is 0.429. The summed E-state index contributed by atoms with van der Waals surface area (Å²) >= 11 is 0. The van der Waals surface area contributed by atoms with Crippen LogP contribution in [-0.2, 0) is 14.3 Å². The molecule has 1 atom stereocenters. The SMILES string of the molecule is CCOc1cc(C2/C(=C(\O)c3ccc(OCC)c(C(C)C)c3)C(=O)C(=O)N2CCCOC)ccc1O. The Kier molecular flexibility index (Phi) is 8.98. The molecule has 3 rings (SSSR count). The van der Waals surface area contributed by atoms with Gasteiger partial charge in [-0.3, -0.25) is 9.59 Å².